The number of rotatable bonds is 3. The smallest absolute Gasteiger partial charge is 0.222 e. The molecule has 0 atom stereocenters. The molecule has 2 aromatic rings. The van der Waals surface area contributed by atoms with Crippen LogP contribution in [-0.4, -0.2) is 15.0 Å². The Hall–Kier alpha value is -1.20. The van der Waals surface area contributed by atoms with Crippen LogP contribution in [0.5, 0.6) is 0 Å². The predicted molar refractivity (Wildman–Crippen MR) is 61.2 cm³/mol. The number of hydrogen-bond acceptors (Lipinski definition) is 5. The van der Waals surface area contributed by atoms with Crippen molar-refractivity contribution in [1.29, 1.82) is 0 Å². The van der Waals surface area contributed by atoms with Crippen LogP contribution >= 0.6 is 22.9 Å². The molecule has 2 aromatic heterocycles. The van der Waals surface area contributed by atoms with Gasteiger partial charge >= 0.3 is 0 Å². The molecule has 0 amide bonds. The van der Waals surface area contributed by atoms with Gasteiger partial charge in [0.05, 0.1) is 34.7 Å². The van der Waals surface area contributed by atoms with Crippen molar-refractivity contribution in [3.05, 3.63) is 33.5 Å². The van der Waals surface area contributed by atoms with Crippen molar-refractivity contribution in [3.8, 4) is 0 Å². The summed E-state index contributed by atoms with van der Waals surface area (Å²) < 4.78 is 0. The molecule has 1 N–H and O–H groups in total. The SMILES string of the molecule is Cc1nc(CNc2ncc(Cl)cn2)cs1. The average Bonchev–Trinajstić information content (AvgIpc) is 2.64. The van der Waals surface area contributed by atoms with Crippen LogP contribution in [0.15, 0.2) is 17.8 Å². The quantitative estimate of drug-likeness (QED) is 0.896. The molecule has 0 aliphatic heterocycles. The van der Waals surface area contributed by atoms with Gasteiger partial charge < -0.3 is 5.32 Å². The lowest BCUT2D eigenvalue weighted by Crippen LogP contribution is -2.03. The van der Waals surface area contributed by atoms with E-state index in [4.69, 9.17) is 11.6 Å². The minimum atomic E-state index is 0.532. The standard InChI is InChI=1S/C9H9ClN4S/c1-6-14-8(5-15-6)4-13-9-11-2-7(10)3-12-9/h2-3,5H,4H2,1H3,(H,11,12,13). The molecule has 0 aliphatic rings. The molecule has 6 heteroatoms. The highest BCUT2D eigenvalue weighted by Crippen LogP contribution is 2.10. The van der Waals surface area contributed by atoms with Crippen LogP contribution in [-0.2, 0) is 6.54 Å². The van der Waals surface area contributed by atoms with Crippen LogP contribution in [0.2, 0.25) is 5.02 Å². The van der Waals surface area contributed by atoms with Gasteiger partial charge in [0.15, 0.2) is 0 Å². The van der Waals surface area contributed by atoms with Gasteiger partial charge in [0, 0.05) is 5.38 Å². The van der Waals surface area contributed by atoms with Crippen LogP contribution in [0, 0.1) is 6.92 Å². The van der Waals surface area contributed by atoms with Gasteiger partial charge in [-0.3, -0.25) is 0 Å². The third-order valence-corrected chi connectivity index (χ3v) is 2.73. The van der Waals surface area contributed by atoms with Crippen LogP contribution < -0.4 is 5.32 Å². The highest BCUT2D eigenvalue weighted by atomic mass is 35.5. The Morgan fingerprint density at radius 2 is 2.13 bits per heavy atom. The van der Waals surface area contributed by atoms with E-state index in [1.54, 1.807) is 23.7 Å². The molecule has 0 bridgehead atoms. The second-order valence-electron chi connectivity index (χ2n) is 2.94. The molecule has 0 aliphatic carbocycles. The number of aromatic nitrogens is 3. The minimum Gasteiger partial charge on any atom is -0.349 e. The van der Waals surface area contributed by atoms with Crippen molar-refractivity contribution in [3.63, 3.8) is 0 Å². The monoisotopic (exact) mass is 240 g/mol. The topological polar surface area (TPSA) is 50.7 Å². The molecule has 0 spiro atoms. The zero-order chi connectivity index (χ0) is 10.7. The van der Waals surface area contributed by atoms with Gasteiger partial charge in [0.1, 0.15) is 0 Å². The summed E-state index contributed by atoms with van der Waals surface area (Å²) in [6.45, 7) is 2.61. The van der Waals surface area contributed by atoms with E-state index in [1.165, 1.54) is 0 Å². The van der Waals surface area contributed by atoms with E-state index >= 15 is 0 Å². The maximum Gasteiger partial charge on any atom is 0.222 e. The highest BCUT2D eigenvalue weighted by molar-refractivity contribution is 7.09. The van der Waals surface area contributed by atoms with Gasteiger partial charge in [-0.05, 0) is 6.92 Å². The first kappa shape index (κ1) is 10.3. The van der Waals surface area contributed by atoms with E-state index in [-0.39, 0.29) is 0 Å². The molecule has 0 saturated carbocycles. The number of anilines is 1. The number of halogens is 1. The molecule has 0 saturated heterocycles. The fourth-order valence-electron chi connectivity index (χ4n) is 1.06. The Morgan fingerprint density at radius 1 is 1.40 bits per heavy atom. The van der Waals surface area contributed by atoms with E-state index in [0.29, 0.717) is 17.5 Å². The Kier molecular flexibility index (Phi) is 3.13. The van der Waals surface area contributed by atoms with E-state index in [1.807, 2.05) is 12.3 Å². The summed E-state index contributed by atoms with van der Waals surface area (Å²) in [5.41, 5.74) is 0.996. The lowest BCUT2D eigenvalue weighted by atomic mass is 10.5. The largest absolute Gasteiger partial charge is 0.349 e. The Morgan fingerprint density at radius 3 is 2.73 bits per heavy atom. The van der Waals surface area contributed by atoms with E-state index in [0.717, 1.165) is 10.7 Å². The zero-order valence-corrected chi connectivity index (χ0v) is 9.64. The average molecular weight is 241 g/mol. The number of nitrogens with one attached hydrogen (secondary N) is 1. The van der Waals surface area contributed by atoms with E-state index < -0.39 is 0 Å². The zero-order valence-electron chi connectivity index (χ0n) is 8.07. The van der Waals surface area contributed by atoms with Crippen molar-refractivity contribution in [2.75, 3.05) is 5.32 Å². The molecule has 0 unspecified atom stereocenters. The molecule has 2 heterocycles. The summed E-state index contributed by atoms with van der Waals surface area (Å²) in [6.07, 6.45) is 3.12. The fraction of sp³-hybridized carbons (Fsp3) is 0.222. The summed E-state index contributed by atoms with van der Waals surface area (Å²) in [4.78, 5) is 12.4. The molecule has 0 fully saturated rings. The van der Waals surface area contributed by atoms with Crippen molar-refractivity contribution >= 4 is 28.9 Å². The Labute approximate surface area is 96.4 Å². The molecular formula is C9H9ClN4S. The Balaban J connectivity index is 1.96. The number of thiazole rings is 1. The van der Waals surface area contributed by atoms with Crippen LogP contribution in [0.4, 0.5) is 5.95 Å². The van der Waals surface area contributed by atoms with Gasteiger partial charge in [-0.15, -0.1) is 11.3 Å². The van der Waals surface area contributed by atoms with E-state index in [9.17, 15) is 0 Å². The second kappa shape index (κ2) is 4.55. The molecule has 4 nitrogen and oxygen atoms in total. The summed E-state index contributed by atoms with van der Waals surface area (Å²) in [5, 5.41) is 6.67. The molecular weight excluding hydrogens is 232 g/mol. The number of aryl methyl sites for hydroxylation is 1. The summed E-state index contributed by atoms with van der Waals surface area (Å²) in [7, 11) is 0. The first-order valence-electron chi connectivity index (χ1n) is 4.36. The maximum absolute atomic E-state index is 5.67. The molecule has 78 valence electrons. The summed E-state index contributed by atoms with van der Waals surface area (Å²) >= 11 is 7.30. The highest BCUT2D eigenvalue weighted by Gasteiger charge is 1.99. The van der Waals surface area contributed by atoms with E-state index in [2.05, 4.69) is 20.3 Å². The normalized spacial score (nSPS) is 10.3. The lowest BCUT2D eigenvalue weighted by molar-refractivity contribution is 1.01. The molecule has 0 radical (unpaired) electrons. The molecule has 0 aromatic carbocycles. The van der Waals surface area contributed by atoms with Crippen molar-refractivity contribution in [2.24, 2.45) is 0 Å². The van der Waals surface area contributed by atoms with Gasteiger partial charge in [0.2, 0.25) is 5.95 Å². The summed E-state index contributed by atoms with van der Waals surface area (Å²) in [6, 6.07) is 0. The summed E-state index contributed by atoms with van der Waals surface area (Å²) in [5.74, 6) is 0.560. The molecule has 15 heavy (non-hydrogen) atoms. The minimum absolute atomic E-state index is 0.532. The first-order valence-corrected chi connectivity index (χ1v) is 5.62. The first-order chi connectivity index (χ1) is 7.24. The van der Waals surface area contributed by atoms with Crippen molar-refractivity contribution < 1.29 is 0 Å². The van der Waals surface area contributed by atoms with Crippen LogP contribution in [0.1, 0.15) is 10.7 Å². The van der Waals surface area contributed by atoms with Crippen LogP contribution in [0.25, 0.3) is 0 Å². The van der Waals surface area contributed by atoms with Gasteiger partial charge in [0.25, 0.3) is 0 Å². The fourth-order valence-corrected chi connectivity index (χ4v) is 1.77. The van der Waals surface area contributed by atoms with Gasteiger partial charge in [-0.25, -0.2) is 15.0 Å². The van der Waals surface area contributed by atoms with Crippen molar-refractivity contribution in [1.82, 2.24) is 15.0 Å². The van der Waals surface area contributed by atoms with Crippen molar-refractivity contribution in [2.45, 2.75) is 13.5 Å². The molecule has 2 rings (SSSR count). The lowest BCUT2D eigenvalue weighted by Gasteiger charge is -2.01. The second-order valence-corrected chi connectivity index (χ2v) is 4.43. The number of nitrogens with zero attached hydrogens (tertiary/aromatic N) is 3. The van der Waals surface area contributed by atoms with Gasteiger partial charge in [-0.1, -0.05) is 11.6 Å². The third-order valence-electron chi connectivity index (χ3n) is 1.71. The number of hydrogen-bond donors (Lipinski definition) is 1. The van der Waals surface area contributed by atoms with Crippen LogP contribution in [0.3, 0.4) is 0 Å². The maximum atomic E-state index is 5.67. The predicted octanol–water partition coefficient (Wildman–Crippen LogP) is 2.51. The Bertz CT molecular complexity index is 440. The van der Waals surface area contributed by atoms with Gasteiger partial charge in [-0.2, -0.15) is 0 Å². The third kappa shape index (κ3) is 2.87.